The van der Waals surface area contributed by atoms with Crippen LogP contribution < -0.4 is 0 Å². The standard InChI is InChI=1S/C76H148O17P2/c1-6-9-12-15-18-21-24-26-28-29-30-31-32-33-34-36-38-41-46-51-56-61-75(80)92-71(65-87-74(79)60-55-50-45-40-37-35-27-25-22-19-16-13-10-7-2)67-90-94(82,83)88-63-70(77)64-89-95(84,85)91-68-72(93-76(81)62-57-52-47-42-43-48-53-58-69(4)5)66-86-73(78)59-54-49-44-39-23-20-17-14-11-8-3/h69-72,77H,6-68H2,1-5H3,(H,82,83)(H,84,85)/t70-,71-,72-/m1/s1. The van der Waals surface area contributed by atoms with Crippen molar-refractivity contribution in [1.82, 2.24) is 0 Å². The van der Waals surface area contributed by atoms with Crippen LogP contribution >= 0.6 is 15.6 Å². The second-order valence-corrected chi connectivity index (χ2v) is 30.8. The number of hydrogen-bond acceptors (Lipinski definition) is 15. The summed E-state index contributed by atoms with van der Waals surface area (Å²) in [7, 11) is -9.91. The molecule has 0 aromatic carbocycles. The lowest BCUT2D eigenvalue weighted by atomic mass is 10.0. The van der Waals surface area contributed by atoms with Gasteiger partial charge in [0.05, 0.1) is 26.4 Å². The van der Waals surface area contributed by atoms with Gasteiger partial charge in [0.2, 0.25) is 0 Å². The van der Waals surface area contributed by atoms with Crippen molar-refractivity contribution in [3.63, 3.8) is 0 Å². The quantitative estimate of drug-likeness (QED) is 0.0222. The van der Waals surface area contributed by atoms with Crippen LogP contribution in [0.25, 0.3) is 0 Å². The van der Waals surface area contributed by atoms with Crippen LogP contribution in [0.3, 0.4) is 0 Å². The van der Waals surface area contributed by atoms with Crippen LogP contribution in [-0.4, -0.2) is 96.7 Å². The summed E-state index contributed by atoms with van der Waals surface area (Å²) in [5.74, 6) is -1.42. The van der Waals surface area contributed by atoms with E-state index in [2.05, 4.69) is 34.6 Å². The first-order valence-electron chi connectivity index (χ1n) is 39.6. The third kappa shape index (κ3) is 70.3. The molecule has 17 nitrogen and oxygen atoms in total. The highest BCUT2D eigenvalue weighted by atomic mass is 31.2. The van der Waals surface area contributed by atoms with E-state index in [1.807, 2.05) is 0 Å². The van der Waals surface area contributed by atoms with E-state index in [1.54, 1.807) is 0 Å². The first kappa shape index (κ1) is 93.1. The molecular weight excluding hydrogens is 1250 g/mol. The van der Waals surface area contributed by atoms with Gasteiger partial charge in [0, 0.05) is 25.7 Å². The molecule has 0 saturated heterocycles. The topological polar surface area (TPSA) is 237 Å². The second-order valence-electron chi connectivity index (χ2n) is 27.9. The molecule has 0 aliphatic heterocycles. The Morgan fingerprint density at radius 2 is 0.484 bits per heavy atom. The smallest absolute Gasteiger partial charge is 0.462 e. The van der Waals surface area contributed by atoms with Gasteiger partial charge in [-0.15, -0.1) is 0 Å². The summed E-state index contributed by atoms with van der Waals surface area (Å²) in [5, 5.41) is 10.6. The van der Waals surface area contributed by atoms with Crippen LogP contribution in [0.5, 0.6) is 0 Å². The third-order valence-corrected chi connectivity index (χ3v) is 19.7. The third-order valence-electron chi connectivity index (χ3n) is 17.8. The summed E-state index contributed by atoms with van der Waals surface area (Å²) in [4.78, 5) is 72.7. The lowest BCUT2D eigenvalue weighted by Gasteiger charge is -2.21. The first-order valence-corrected chi connectivity index (χ1v) is 42.6. The molecule has 0 heterocycles. The molecule has 0 fully saturated rings. The number of phosphoric acid groups is 2. The molecule has 3 N–H and O–H groups in total. The van der Waals surface area contributed by atoms with E-state index in [0.29, 0.717) is 31.6 Å². The molecule has 95 heavy (non-hydrogen) atoms. The maximum Gasteiger partial charge on any atom is 0.472 e. The summed E-state index contributed by atoms with van der Waals surface area (Å²) in [5.41, 5.74) is 0. The number of ether oxygens (including phenoxy) is 4. The average Bonchev–Trinajstić information content (AvgIpc) is 1.81. The average molecular weight is 1400 g/mol. The van der Waals surface area contributed by atoms with Gasteiger partial charge in [0.1, 0.15) is 19.3 Å². The zero-order chi connectivity index (χ0) is 69.8. The van der Waals surface area contributed by atoms with Gasteiger partial charge >= 0.3 is 39.5 Å². The van der Waals surface area contributed by atoms with Gasteiger partial charge in [-0.25, -0.2) is 9.13 Å². The Morgan fingerprint density at radius 3 is 0.716 bits per heavy atom. The number of hydrogen-bond donors (Lipinski definition) is 3. The fraction of sp³-hybridized carbons (Fsp3) is 0.947. The Labute approximate surface area is 581 Å². The van der Waals surface area contributed by atoms with Crippen molar-refractivity contribution in [2.24, 2.45) is 5.92 Å². The number of phosphoric ester groups is 2. The molecule has 0 spiro atoms. The fourth-order valence-electron chi connectivity index (χ4n) is 11.7. The zero-order valence-electron chi connectivity index (χ0n) is 61.8. The van der Waals surface area contributed by atoms with Gasteiger partial charge in [-0.05, 0) is 31.6 Å². The SMILES string of the molecule is CCCCCCCCCCCCCCCCCCCCCCCC(=O)O[C@H](COC(=O)CCCCCCCCCCCCCCCC)COP(=O)(O)OC[C@@H](O)COP(=O)(O)OC[C@@H](COC(=O)CCCCCCCCCCCC)OC(=O)CCCCCCCCCC(C)C. The number of carbonyl (C=O) groups is 4. The molecule has 0 bridgehead atoms. The van der Waals surface area contributed by atoms with Crippen molar-refractivity contribution in [2.45, 2.75) is 419 Å². The van der Waals surface area contributed by atoms with Crippen molar-refractivity contribution in [3.8, 4) is 0 Å². The molecular formula is C76H148O17P2. The Morgan fingerprint density at radius 1 is 0.284 bits per heavy atom. The first-order chi connectivity index (χ1) is 46.0. The summed E-state index contributed by atoms with van der Waals surface area (Å²) in [6.07, 6.45) is 58.5. The minimum atomic E-state index is -4.96. The maximum absolute atomic E-state index is 13.1. The van der Waals surface area contributed by atoms with E-state index in [-0.39, 0.29) is 25.7 Å². The van der Waals surface area contributed by atoms with E-state index in [4.69, 9.17) is 37.0 Å². The number of rotatable bonds is 76. The highest BCUT2D eigenvalue weighted by Gasteiger charge is 2.30. The number of carbonyl (C=O) groups excluding carboxylic acids is 4. The van der Waals surface area contributed by atoms with Gasteiger partial charge in [0.25, 0.3) is 0 Å². The molecule has 0 rings (SSSR count). The van der Waals surface area contributed by atoms with E-state index in [0.717, 1.165) is 89.9 Å². The van der Waals surface area contributed by atoms with Crippen LogP contribution in [0.15, 0.2) is 0 Å². The molecule has 19 heteroatoms. The van der Waals surface area contributed by atoms with E-state index in [1.165, 1.54) is 225 Å². The molecule has 5 atom stereocenters. The molecule has 0 aromatic heterocycles. The van der Waals surface area contributed by atoms with Crippen molar-refractivity contribution in [2.75, 3.05) is 39.6 Å². The maximum atomic E-state index is 13.1. The van der Waals surface area contributed by atoms with Crippen LogP contribution in [0.4, 0.5) is 0 Å². The minimum absolute atomic E-state index is 0.104. The van der Waals surface area contributed by atoms with Gasteiger partial charge in [-0.3, -0.25) is 37.3 Å². The summed E-state index contributed by atoms with van der Waals surface area (Å²) < 4.78 is 68.4. The Balaban J connectivity index is 5.18. The van der Waals surface area contributed by atoms with Gasteiger partial charge in [-0.2, -0.15) is 0 Å². The lowest BCUT2D eigenvalue weighted by molar-refractivity contribution is -0.161. The number of esters is 4. The number of aliphatic hydroxyl groups is 1. The molecule has 0 radical (unpaired) electrons. The van der Waals surface area contributed by atoms with Crippen molar-refractivity contribution < 1.29 is 80.2 Å². The molecule has 564 valence electrons. The van der Waals surface area contributed by atoms with Crippen molar-refractivity contribution >= 4 is 39.5 Å². The van der Waals surface area contributed by atoms with E-state index in [9.17, 15) is 43.2 Å². The molecule has 0 aromatic rings. The largest absolute Gasteiger partial charge is 0.472 e. The molecule has 2 unspecified atom stereocenters. The van der Waals surface area contributed by atoms with Crippen LogP contribution in [-0.2, 0) is 65.4 Å². The number of aliphatic hydroxyl groups excluding tert-OH is 1. The highest BCUT2D eigenvalue weighted by molar-refractivity contribution is 7.47. The summed E-state index contributed by atoms with van der Waals surface area (Å²) in [6, 6.07) is 0. The second kappa shape index (κ2) is 69.2. The predicted molar refractivity (Wildman–Crippen MR) is 386 cm³/mol. The van der Waals surface area contributed by atoms with Crippen LogP contribution in [0.1, 0.15) is 401 Å². The van der Waals surface area contributed by atoms with E-state index >= 15 is 0 Å². The normalized spacial score (nSPS) is 13.9. The minimum Gasteiger partial charge on any atom is -0.462 e. The molecule has 0 saturated carbocycles. The fourth-order valence-corrected chi connectivity index (χ4v) is 13.3. The van der Waals surface area contributed by atoms with Crippen molar-refractivity contribution in [3.05, 3.63) is 0 Å². The van der Waals surface area contributed by atoms with Crippen LogP contribution in [0.2, 0.25) is 0 Å². The van der Waals surface area contributed by atoms with Crippen molar-refractivity contribution in [1.29, 1.82) is 0 Å². The van der Waals surface area contributed by atoms with E-state index < -0.39 is 97.5 Å². The van der Waals surface area contributed by atoms with Gasteiger partial charge < -0.3 is 33.8 Å². The molecule has 0 amide bonds. The lowest BCUT2D eigenvalue weighted by Crippen LogP contribution is -2.30. The Hall–Kier alpha value is -1.94. The van der Waals surface area contributed by atoms with Gasteiger partial charge in [0.15, 0.2) is 12.2 Å². The summed E-state index contributed by atoms with van der Waals surface area (Å²) >= 11 is 0. The highest BCUT2D eigenvalue weighted by Crippen LogP contribution is 2.45. The monoisotopic (exact) mass is 1400 g/mol. The van der Waals surface area contributed by atoms with Gasteiger partial charge in [-0.1, -0.05) is 349 Å². The van der Waals surface area contributed by atoms with Crippen LogP contribution in [0, 0.1) is 5.92 Å². The summed E-state index contributed by atoms with van der Waals surface area (Å²) in [6.45, 7) is 7.22. The molecule has 0 aliphatic carbocycles. The Kier molecular flexibility index (Phi) is 67.7. The number of unbranched alkanes of at least 4 members (excludes halogenated alkanes) is 48. The predicted octanol–water partition coefficient (Wildman–Crippen LogP) is 22.5. The Bertz CT molecular complexity index is 1820. The molecule has 0 aliphatic rings. The zero-order valence-corrected chi connectivity index (χ0v) is 63.6.